The smallest absolute Gasteiger partial charge is 0.164 e. The van der Waals surface area contributed by atoms with Gasteiger partial charge in [0.1, 0.15) is 0 Å². The monoisotopic (exact) mass is 163 g/mol. The van der Waals surface area contributed by atoms with Crippen LogP contribution in [0.2, 0.25) is 0 Å². The zero-order valence-electron chi connectivity index (χ0n) is 6.59. The maximum atomic E-state index is 13.6. The molecule has 0 aliphatic carbocycles. The van der Waals surface area contributed by atoms with Crippen molar-refractivity contribution in [2.24, 2.45) is 11.6 Å². The Bertz CT molecular complexity index is 146. The molecule has 1 aliphatic heterocycles. The topological polar surface area (TPSA) is 64.5 Å². The van der Waals surface area contributed by atoms with Crippen LogP contribution < -0.4 is 11.6 Å². The first-order valence-corrected chi connectivity index (χ1v) is 3.51. The quantitative estimate of drug-likeness (QED) is 0.505. The minimum atomic E-state index is -1.47. The van der Waals surface area contributed by atoms with Crippen molar-refractivity contribution in [3.63, 3.8) is 0 Å². The Labute approximate surface area is 65.2 Å². The molecule has 2 atom stereocenters. The van der Waals surface area contributed by atoms with Crippen molar-refractivity contribution >= 4 is 0 Å². The molecule has 5 heteroatoms. The lowest BCUT2D eigenvalue weighted by Gasteiger charge is -2.21. The van der Waals surface area contributed by atoms with E-state index in [1.807, 2.05) is 0 Å². The second-order valence-electron chi connectivity index (χ2n) is 3.00. The number of methoxy groups -OCH3 is 1. The molecule has 0 spiro atoms. The van der Waals surface area contributed by atoms with Gasteiger partial charge in [-0.1, -0.05) is 0 Å². The van der Waals surface area contributed by atoms with Gasteiger partial charge in [-0.2, -0.15) is 0 Å². The van der Waals surface area contributed by atoms with Crippen LogP contribution in [0.3, 0.4) is 0 Å². The van der Waals surface area contributed by atoms with E-state index in [4.69, 9.17) is 16.3 Å². The SMILES string of the molecule is COCC1(F)CN(N)CC1N. The second-order valence-corrected chi connectivity index (χ2v) is 3.00. The van der Waals surface area contributed by atoms with E-state index in [1.165, 1.54) is 12.1 Å². The molecule has 11 heavy (non-hydrogen) atoms. The lowest BCUT2D eigenvalue weighted by Crippen LogP contribution is -2.46. The standard InChI is InChI=1S/C6H14FN3O/c1-11-4-6(7)3-10(9)2-5(6)8/h5H,2-4,8-9H2,1H3. The van der Waals surface area contributed by atoms with Gasteiger partial charge in [-0.3, -0.25) is 5.84 Å². The maximum absolute atomic E-state index is 13.6. The van der Waals surface area contributed by atoms with Gasteiger partial charge in [0.15, 0.2) is 5.67 Å². The van der Waals surface area contributed by atoms with Gasteiger partial charge in [0, 0.05) is 13.7 Å². The Morgan fingerprint density at radius 3 is 2.82 bits per heavy atom. The van der Waals surface area contributed by atoms with E-state index < -0.39 is 11.7 Å². The molecule has 4 nitrogen and oxygen atoms in total. The number of hydrazine groups is 1. The minimum absolute atomic E-state index is 0.0157. The molecular weight excluding hydrogens is 149 g/mol. The first kappa shape index (κ1) is 8.86. The normalized spacial score (nSPS) is 39.8. The van der Waals surface area contributed by atoms with Crippen LogP contribution in [-0.4, -0.2) is 43.5 Å². The van der Waals surface area contributed by atoms with Crippen molar-refractivity contribution in [3.8, 4) is 0 Å². The predicted octanol–water partition coefficient (Wildman–Crippen LogP) is -1.14. The lowest BCUT2D eigenvalue weighted by atomic mass is 10.0. The van der Waals surface area contributed by atoms with Crippen LogP contribution in [-0.2, 0) is 4.74 Å². The van der Waals surface area contributed by atoms with Gasteiger partial charge in [-0.25, -0.2) is 9.40 Å². The lowest BCUT2D eigenvalue weighted by molar-refractivity contribution is 0.0383. The molecule has 1 rings (SSSR count). The van der Waals surface area contributed by atoms with Crippen LogP contribution in [0.25, 0.3) is 0 Å². The fourth-order valence-corrected chi connectivity index (χ4v) is 1.33. The van der Waals surface area contributed by atoms with Crippen LogP contribution in [0.15, 0.2) is 0 Å². The van der Waals surface area contributed by atoms with E-state index in [1.54, 1.807) is 0 Å². The fraction of sp³-hybridized carbons (Fsp3) is 1.00. The molecular formula is C6H14FN3O. The number of halogens is 1. The molecule has 1 heterocycles. The molecule has 1 aliphatic rings. The van der Waals surface area contributed by atoms with Crippen LogP contribution in [0.5, 0.6) is 0 Å². The number of nitrogens with zero attached hydrogens (tertiary/aromatic N) is 1. The summed E-state index contributed by atoms with van der Waals surface area (Å²) < 4.78 is 18.3. The van der Waals surface area contributed by atoms with Crippen LogP contribution in [0, 0.1) is 0 Å². The zero-order valence-corrected chi connectivity index (χ0v) is 6.59. The van der Waals surface area contributed by atoms with Gasteiger partial charge in [0.25, 0.3) is 0 Å². The van der Waals surface area contributed by atoms with Crippen molar-refractivity contribution in [1.82, 2.24) is 5.01 Å². The summed E-state index contributed by atoms with van der Waals surface area (Å²) in [7, 11) is 1.45. The third kappa shape index (κ3) is 1.67. The summed E-state index contributed by atoms with van der Waals surface area (Å²) in [6.07, 6.45) is 0. The molecule has 4 N–H and O–H groups in total. The summed E-state index contributed by atoms with van der Waals surface area (Å²) >= 11 is 0. The Hall–Kier alpha value is -0.230. The predicted molar refractivity (Wildman–Crippen MR) is 39.5 cm³/mol. The summed E-state index contributed by atoms with van der Waals surface area (Å²) in [4.78, 5) is 0. The first-order chi connectivity index (χ1) is 5.08. The van der Waals surface area contributed by atoms with E-state index in [9.17, 15) is 4.39 Å². The summed E-state index contributed by atoms with van der Waals surface area (Å²) in [5, 5.41) is 1.38. The molecule has 66 valence electrons. The van der Waals surface area contributed by atoms with Gasteiger partial charge < -0.3 is 10.5 Å². The van der Waals surface area contributed by atoms with Gasteiger partial charge in [-0.05, 0) is 0 Å². The minimum Gasteiger partial charge on any atom is -0.381 e. The molecule has 0 radical (unpaired) electrons. The van der Waals surface area contributed by atoms with Gasteiger partial charge in [0.05, 0.1) is 19.2 Å². The Morgan fingerprint density at radius 2 is 2.45 bits per heavy atom. The number of ether oxygens (including phenoxy) is 1. The van der Waals surface area contributed by atoms with E-state index >= 15 is 0 Å². The molecule has 1 fully saturated rings. The Morgan fingerprint density at radius 1 is 1.82 bits per heavy atom. The number of hydrogen-bond acceptors (Lipinski definition) is 4. The van der Waals surface area contributed by atoms with Crippen molar-refractivity contribution in [3.05, 3.63) is 0 Å². The van der Waals surface area contributed by atoms with Crippen molar-refractivity contribution in [2.75, 3.05) is 26.8 Å². The first-order valence-electron chi connectivity index (χ1n) is 3.51. The number of alkyl halides is 1. The maximum Gasteiger partial charge on any atom is 0.164 e. The van der Waals surface area contributed by atoms with Gasteiger partial charge in [-0.15, -0.1) is 0 Å². The van der Waals surface area contributed by atoms with Crippen molar-refractivity contribution < 1.29 is 9.13 Å². The van der Waals surface area contributed by atoms with Gasteiger partial charge >= 0.3 is 0 Å². The largest absolute Gasteiger partial charge is 0.381 e. The molecule has 0 amide bonds. The van der Waals surface area contributed by atoms with Crippen molar-refractivity contribution in [2.45, 2.75) is 11.7 Å². The molecule has 0 aromatic heterocycles. The third-order valence-electron chi connectivity index (χ3n) is 1.95. The van der Waals surface area contributed by atoms with Crippen LogP contribution in [0.4, 0.5) is 4.39 Å². The van der Waals surface area contributed by atoms with Crippen LogP contribution >= 0.6 is 0 Å². The number of rotatable bonds is 2. The zero-order chi connectivity index (χ0) is 8.48. The highest BCUT2D eigenvalue weighted by atomic mass is 19.1. The molecule has 0 bridgehead atoms. The van der Waals surface area contributed by atoms with Gasteiger partial charge in [0.2, 0.25) is 0 Å². The molecule has 0 saturated carbocycles. The number of nitrogens with two attached hydrogens (primary N) is 2. The average Bonchev–Trinajstić information content (AvgIpc) is 2.08. The van der Waals surface area contributed by atoms with Crippen LogP contribution in [0.1, 0.15) is 0 Å². The summed E-state index contributed by atoms with van der Waals surface area (Å²) in [5.74, 6) is 5.39. The summed E-state index contributed by atoms with van der Waals surface area (Å²) in [5.41, 5.74) is 4.04. The summed E-state index contributed by atoms with van der Waals surface area (Å²) in [6.45, 7) is 0.559. The molecule has 0 aromatic carbocycles. The Balaban J connectivity index is 2.55. The van der Waals surface area contributed by atoms with Crippen molar-refractivity contribution in [1.29, 1.82) is 0 Å². The Kier molecular flexibility index (Phi) is 2.43. The van der Waals surface area contributed by atoms with E-state index in [2.05, 4.69) is 0 Å². The highest BCUT2D eigenvalue weighted by Crippen LogP contribution is 2.22. The third-order valence-corrected chi connectivity index (χ3v) is 1.95. The molecule has 2 unspecified atom stereocenters. The van der Waals surface area contributed by atoms with E-state index in [-0.39, 0.29) is 13.2 Å². The highest BCUT2D eigenvalue weighted by molar-refractivity contribution is 4.99. The fourth-order valence-electron chi connectivity index (χ4n) is 1.33. The molecule has 0 aromatic rings. The van der Waals surface area contributed by atoms with E-state index in [0.29, 0.717) is 6.54 Å². The van der Waals surface area contributed by atoms with E-state index in [0.717, 1.165) is 0 Å². The summed E-state index contributed by atoms with van der Waals surface area (Å²) in [6, 6.07) is -0.535. The average molecular weight is 163 g/mol. The second kappa shape index (κ2) is 3.02. The highest BCUT2D eigenvalue weighted by Gasteiger charge is 2.44. The molecule has 1 saturated heterocycles. The number of hydrogen-bond donors (Lipinski definition) is 2.